The number of rotatable bonds is 3. The summed E-state index contributed by atoms with van der Waals surface area (Å²) in [5, 5.41) is 9.27. The van der Waals surface area contributed by atoms with Gasteiger partial charge in [0.1, 0.15) is 6.54 Å². The number of likely N-dealkylation sites (tertiary alicyclic amines) is 1. The molecule has 138 valence electrons. The van der Waals surface area contributed by atoms with Crippen LogP contribution in [0.2, 0.25) is 0 Å². The molecule has 1 aromatic carbocycles. The Hall–Kier alpha value is -2.91. The molecular formula is C16H14F3N3O4. The molecule has 1 amide bonds. The van der Waals surface area contributed by atoms with Crippen molar-refractivity contribution < 1.29 is 27.9 Å². The molecule has 7 nitrogen and oxygen atoms in total. The summed E-state index contributed by atoms with van der Waals surface area (Å²) in [6.07, 6.45) is -3.58. The van der Waals surface area contributed by atoms with Gasteiger partial charge in [0, 0.05) is 13.1 Å². The van der Waals surface area contributed by atoms with E-state index in [9.17, 15) is 27.6 Å². The van der Waals surface area contributed by atoms with Gasteiger partial charge in [0.2, 0.25) is 5.91 Å². The van der Waals surface area contributed by atoms with E-state index in [4.69, 9.17) is 5.11 Å². The standard InChI is InChI=1S/C16H14F3N3O4/c17-16(18,19)11-6-21(5-10(11)15(25)26)13(23)7-22-8-20-12-4-2-1-3-9(12)14(22)24/h1-4,8,10-11H,5-7H2,(H,25,26)/t10-,11-/m1/s1. The molecular weight excluding hydrogens is 355 g/mol. The number of carboxylic acid groups (broad SMARTS) is 1. The molecule has 0 unspecified atom stereocenters. The molecule has 2 aromatic rings. The molecule has 1 N–H and O–H groups in total. The molecule has 3 rings (SSSR count). The van der Waals surface area contributed by atoms with Gasteiger partial charge in [-0.3, -0.25) is 19.0 Å². The van der Waals surface area contributed by atoms with Crippen molar-refractivity contribution in [1.29, 1.82) is 0 Å². The molecule has 0 spiro atoms. The molecule has 2 heterocycles. The van der Waals surface area contributed by atoms with Crippen LogP contribution in [0.5, 0.6) is 0 Å². The second kappa shape index (κ2) is 6.43. The summed E-state index contributed by atoms with van der Waals surface area (Å²) in [6, 6.07) is 6.47. The third-order valence-corrected chi connectivity index (χ3v) is 4.45. The fourth-order valence-corrected chi connectivity index (χ4v) is 3.05. The van der Waals surface area contributed by atoms with Gasteiger partial charge in [0.25, 0.3) is 5.56 Å². The molecule has 1 aliphatic heterocycles. The lowest BCUT2D eigenvalue weighted by Gasteiger charge is -2.18. The molecule has 1 saturated heterocycles. The number of para-hydroxylation sites is 1. The fourth-order valence-electron chi connectivity index (χ4n) is 3.05. The molecule has 0 bridgehead atoms. The Morgan fingerprint density at radius 3 is 2.54 bits per heavy atom. The van der Waals surface area contributed by atoms with Crippen molar-refractivity contribution >= 4 is 22.8 Å². The van der Waals surface area contributed by atoms with Crippen LogP contribution in [-0.2, 0) is 16.1 Å². The molecule has 0 aliphatic carbocycles. The van der Waals surface area contributed by atoms with E-state index in [1.807, 2.05) is 0 Å². The second-order valence-corrected chi connectivity index (χ2v) is 6.09. The van der Waals surface area contributed by atoms with Gasteiger partial charge in [0.05, 0.1) is 29.1 Å². The normalized spacial score (nSPS) is 20.5. The number of halogens is 3. The summed E-state index contributed by atoms with van der Waals surface area (Å²) >= 11 is 0. The summed E-state index contributed by atoms with van der Waals surface area (Å²) in [6.45, 7) is -1.79. The van der Waals surface area contributed by atoms with Gasteiger partial charge < -0.3 is 10.0 Å². The molecule has 2 atom stereocenters. The number of alkyl halides is 3. The quantitative estimate of drug-likeness (QED) is 0.875. The van der Waals surface area contributed by atoms with Crippen LogP contribution in [0.1, 0.15) is 0 Å². The minimum atomic E-state index is -4.72. The third-order valence-electron chi connectivity index (χ3n) is 4.45. The Morgan fingerprint density at radius 2 is 1.92 bits per heavy atom. The number of aromatic nitrogens is 2. The first-order chi connectivity index (χ1) is 12.2. The highest BCUT2D eigenvalue weighted by molar-refractivity contribution is 5.80. The van der Waals surface area contributed by atoms with Crippen molar-refractivity contribution in [1.82, 2.24) is 14.5 Å². The first kappa shape index (κ1) is 17.9. The number of nitrogens with zero attached hydrogens (tertiary/aromatic N) is 3. The minimum absolute atomic E-state index is 0.279. The van der Waals surface area contributed by atoms with Crippen LogP contribution in [0.15, 0.2) is 35.4 Å². The maximum atomic E-state index is 13.0. The van der Waals surface area contributed by atoms with E-state index >= 15 is 0 Å². The number of carbonyl (C=O) groups excluding carboxylic acids is 1. The van der Waals surface area contributed by atoms with Crippen LogP contribution >= 0.6 is 0 Å². The SMILES string of the molecule is O=C(O)[C@@H]1CN(C(=O)Cn2cnc3ccccc3c2=O)C[C@H]1C(F)(F)F. The molecule has 1 fully saturated rings. The number of benzene rings is 1. The van der Waals surface area contributed by atoms with Crippen LogP contribution < -0.4 is 5.56 Å². The van der Waals surface area contributed by atoms with Crippen LogP contribution in [0.25, 0.3) is 10.9 Å². The largest absolute Gasteiger partial charge is 0.481 e. The maximum absolute atomic E-state index is 13.0. The number of amides is 1. The van der Waals surface area contributed by atoms with Gasteiger partial charge in [-0.1, -0.05) is 12.1 Å². The van der Waals surface area contributed by atoms with Gasteiger partial charge in [-0.2, -0.15) is 13.2 Å². The zero-order valence-electron chi connectivity index (χ0n) is 13.3. The van der Waals surface area contributed by atoms with Crippen molar-refractivity contribution in [2.45, 2.75) is 12.7 Å². The van der Waals surface area contributed by atoms with Gasteiger partial charge in [-0.15, -0.1) is 0 Å². The van der Waals surface area contributed by atoms with Gasteiger partial charge in [-0.25, -0.2) is 4.98 Å². The van der Waals surface area contributed by atoms with E-state index in [-0.39, 0.29) is 5.39 Å². The number of hydrogen-bond acceptors (Lipinski definition) is 4. The highest BCUT2D eigenvalue weighted by Gasteiger charge is 2.53. The monoisotopic (exact) mass is 369 g/mol. The Labute approximate surface area is 144 Å². The smallest absolute Gasteiger partial charge is 0.394 e. The highest BCUT2D eigenvalue weighted by atomic mass is 19.4. The van der Waals surface area contributed by atoms with Crippen LogP contribution in [0.3, 0.4) is 0 Å². The van der Waals surface area contributed by atoms with Crippen LogP contribution in [0, 0.1) is 11.8 Å². The maximum Gasteiger partial charge on any atom is 0.394 e. The molecule has 0 saturated carbocycles. The van der Waals surface area contributed by atoms with E-state index in [1.165, 1.54) is 6.07 Å². The van der Waals surface area contributed by atoms with Crippen molar-refractivity contribution in [3.05, 3.63) is 40.9 Å². The lowest BCUT2D eigenvalue weighted by Crippen LogP contribution is -2.36. The Balaban J connectivity index is 1.82. The van der Waals surface area contributed by atoms with Crippen molar-refractivity contribution in [3.8, 4) is 0 Å². The van der Waals surface area contributed by atoms with E-state index in [0.717, 1.165) is 15.8 Å². The lowest BCUT2D eigenvalue weighted by molar-refractivity contribution is -0.188. The van der Waals surface area contributed by atoms with Crippen LogP contribution in [-0.4, -0.2) is 50.7 Å². The summed E-state index contributed by atoms with van der Waals surface area (Å²) in [5.41, 5.74) is -0.0595. The number of aliphatic carboxylic acids is 1. The fraction of sp³-hybridized carbons (Fsp3) is 0.375. The molecule has 10 heteroatoms. The van der Waals surface area contributed by atoms with E-state index in [2.05, 4.69) is 4.98 Å². The Morgan fingerprint density at radius 1 is 1.23 bits per heavy atom. The second-order valence-electron chi connectivity index (χ2n) is 6.09. The van der Waals surface area contributed by atoms with Gasteiger partial charge in [-0.05, 0) is 12.1 Å². The summed E-state index contributed by atoms with van der Waals surface area (Å²) in [4.78, 5) is 40.6. The van der Waals surface area contributed by atoms with E-state index in [0.29, 0.717) is 5.52 Å². The molecule has 26 heavy (non-hydrogen) atoms. The number of carboxylic acids is 1. The lowest BCUT2D eigenvalue weighted by atomic mass is 9.96. The van der Waals surface area contributed by atoms with Crippen molar-refractivity contribution in [2.24, 2.45) is 11.8 Å². The zero-order chi connectivity index (χ0) is 19.1. The average Bonchev–Trinajstić information content (AvgIpc) is 3.04. The van der Waals surface area contributed by atoms with E-state index in [1.54, 1.807) is 18.2 Å². The third kappa shape index (κ3) is 3.26. The minimum Gasteiger partial charge on any atom is -0.481 e. The van der Waals surface area contributed by atoms with Gasteiger partial charge >= 0.3 is 12.1 Å². The average molecular weight is 369 g/mol. The summed E-state index contributed by atoms with van der Waals surface area (Å²) in [5.74, 6) is -6.21. The molecule has 1 aromatic heterocycles. The zero-order valence-corrected chi connectivity index (χ0v) is 13.3. The molecule has 0 radical (unpaired) electrons. The summed E-state index contributed by atoms with van der Waals surface area (Å²) < 4.78 is 40.0. The number of hydrogen-bond donors (Lipinski definition) is 1. The van der Waals surface area contributed by atoms with Crippen molar-refractivity contribution in [2.75, 3.05) is 13.1 Å². The van der Waals surface area contributed by atoms with Gasteiger partial charge in [0.15, 0.2) is 0 Å². The predicted molar refractivity (Wildman–Crippen MR) is 83.3 cm³/mol. The number of carbonyl (C=O) groups is 2. The highest BCUT2D eigenvalue weighted by Crippen LogP contribution is 2.37. The first-order valence-electron chi connectivity index (χ1n) is 7.70. The number of fused-ring (bicyclic) bond motifs is 1. The summed E-state index contributed by atoms with van der Waals surface area (Å²) in [7, 11) is 0. The Bertz CT molecular complexity index is 925. The van der Waals surface area contributed by atoms with E-state index < -0.39 is 55.1 Å². The topological polar surface area (TPSA) is 92.5 Å². The van der Waals surface area contributed by atoms with Crippen molar-refractivity contribution in [3.63, 3.8) is 0 Å². The van der Waals surface area contributed by atoms with Crippen LogP contribution in [0.4, 0.5) is 13.2 Å². The Kier molecular flexibility index (Phi) is 4.43. The first-order valence-corrected chi connectivity index (χ1v) is 7.70. The molecule has 1 aliphatic rings. The predicted octanol–water partition coefficient (Wildman–Crippen LogP) is 1.12.